The average molecular weight is 291 g/mol. The molecule has 0 aliphatic heterocycles. The van der Waals surface area contributed by atoms with Crippen molar-refractivity contribution in [1.82, 2.24) is 0 Å². The second-order valence-corrected chi connectivity index (χ2v) is 4.17. The third-order valence-electron chi connectivity index (χ3n) is 2.46. The van der Waals surface area contributed by atoms with Crippen LogP contribution < -0.4 is 5.73 Å². The van der Waals surface area contributed by atoms with E-state index in [0.717, 1.165) is 0 Å². The Labute approximate surface area is 115 Å². The maximum atomic E-state index is 11.4. The predicted molar refractivity (Wildman–Crippen MR) is 70.3 cm³/mol. The molecule has 1 atom stereocenters. The Morgan fingerprint density at radius 2 is 2.16 bits per heavy atom. The first-order valence-corrected chi connectivity index (χ1v) is 5.11. The first kappa shape index (κ1) is 17.1. The fraction of sp³-hybridized carbons (Fsp3) is 0.364. The number of phenolic OH excluding ortho intramolecular Hbond substituents is 1. The van der Waals surface area contributed by atoms with Crippen LogP contribution in [0.25, 0.3) is 0 Å². The second-order valence-electron chi connectivity index (χ2n) is 4.17. The number of methoxy groups -OCH3 is 1. The molecule has 0 unspecified atom stereocenters. The zero-order valence-electron chi connectivity index (χ0n) is 10.5. The summed E-state index contributed by atoms with van der Waals surface area (Å²) in [5.74, 6) is -1.04. The summed E-state index contributed by atoms with van der Waals surface area (Å²) in [6, 6.07) is 3.85. The van der Waals surface area contributed by atoms with Gasteiger partial charge in [0, 0.05) is 12.5 Å². The second kappa shape index (κ2) is 6.35. The van der Waals surface area contributed by atoms with Gasteiger partial charge in [-0.1, -0.05) is 6.07 Å². The normalized spacial score (nSPS) is 13.0. The average Bonchev–Trinajstić information content (AvgIpc) is 2.29. The summed E-state index contributed by atoms with van der Waals surface area (Å²) in [7, 11) is 1.21. The summed E-state index contributed by atoms with van der Waals surface area (Å²) in [6.07, 6.45) is 0.0702. The van der Waals surface area contributed by atoms with Gasteiger partial charge in [0.1, 0.15) is 5.54 Å². The molecule has 8 heteroatoms. The SMILES string of the molecule is COC(=O)[C@@](C)(N)Cc1ccc(O)c([N+](=O)[O-])c1.Cl. The summed E-state index contributed by atoms with van der Waals surface area (Å²) >= 11 is 0. The largest absolute Gasteiger partial charge is 0.502 e. The van der Waals surface area contributed by atoms with Gasteiger partial charge in [-0.25, -0.2) is 0 Å². The fourth-order valence-electron chi connectivity index (χ4n) is 1.55. The van der Waals surface area contributed by atoms with Crippen LogP contribution >= 0.6 is 12.4 Å². The lowest BCUT2D eigenvalue weighted by molar-refractivity contribution is -0.385. The number of nitrogens with two attached hydrogens (primary N) is 1. The van der Waals surface area contributed by atoms with Gasteiger partial charge in [0.2, 0.25) is 0 Å². The van der Waals surface area contributed by atoms with Gasteiger partial charge in [-0.15, -0.1) is 12.4 Å². The zero-order chi connectivity index (χ0) is 13.9. The smallest absolute Gasteiger partial charge is 0.325 e. The Morgan fingerprint density at radius 1 is 1.58 bits per heavy atom. The molecule has 1 rings (SSSR count). The maximum Gasteiger partial charge on any atom is 0.325 e. The van der Waals surface area contributed by atoms with Gasteiger partial charge in [-0.05, 0) is 18.6 Å². The number of hydrogen-bond donors (Lipinski definition) is 2. The summed E-state index contributed by atoms with van der Waals surface area (Å²) in [4.78, 5) is 21.3. The van der Waals surface area contributed by atoms with E-state index in [1.165, 1.54) is 32.2 Å². The monoisotopic (exact) mass is 290 g/mol. The molecule has 7 nitrogen and oxygen atoms in total. The van der Waals surface area contributed by atoms with Crippen molar-refractivity contribution in [2.45, 2.75) is 18.9 Å². The van der Waals surface area contributed by atoms with Crippen LogP contribution in [-0.2, 0) is 16.0 Å². The van der Waals surface area contributed by atoms with Crippen LogP contribution in [0.4, 0.5) is 5.69 Å². The zero-order valence-corrected chi connectivity index (χ0v) is 11.3. The first-order chi connectivity index (χ1) is 8.27. The van der Waals surface area contributed by atoms with Gasteiger partial charge < -0.3 is 15.6 Å². The van der Waals surface area contributed by atoms with Gasteiger partial charge in [0.15, 0.2) is 5.75 Å². The number of nitro benzene ring substituents is 1. The maximum absolute atomic E-state index is 11.4. The molecule has 0 spiro atoms. The Kier molecular flexibility index (Phi) is 5.73. The molecule has 0 fully saturated rings. The molecule has 0 radical (unpaired) electrons. The van der Waals surface area contributed by atoms with Crippen molar-refractivity contribution >= 4 is 24.1 Å². The van der Waals surface area contributed by atoms with Crippen LogP contribution in [0.1, 0.15) is 12.5 Å². The number of benzene rings is 1. The Hall–Kier alpha value is -1.86. The highest BCUT2D eigenvalue weighted by molar-refractivity contribution is 5.85. The van der Waals surface area contributed by atoms with Crippen LogP contribution in [-0.4, -0.2) is 28.6 Å². The van der Waals surface area contributed by atoms with Gasteiger partial charge in [-0.3, -0.25) is 14.9 Å². The molecule has 0 aromatic heterocycles. The van der Waals surface area contributed by atoms with Gasteiger partial charge in [-0.2, -0.15) is 0 Å². The van der Waals surface area contributed by atoms with Gasteiger partial charge in [0.05, 0.1) is 12.0 Å². The molecule has 3 N–H and O–H groups in total. The van der Waals surface area contributed by atoms with E-state index in [0.29, 0.717) is 5.56 Å². The molecule has 0 saturated carbocycles. The molecule has 19 heavy (non-hydrogen) atoms. The minimum atomic E-state index is -1.28. The van der Waals surface area contributed by atoms with E-state index in [1.807, 2.05) is 0 Å². The lowest BCUT2D eigenvalue weighted by Gasteiger charge is -2.21. The topological polar surface area (TPSA) is 116 Å². The number of nitrogens with zero attached hydrogens (tertiary/aromatic N) is 1. The summed E-state index contributed by atoms with van der Waals surface area (Å²) in [5, 5.41) is 19.9. The molecule has 1 aromatic rings. The molecule has 1 aromatic carbocycles. The standard InChI is InChI=1S/C11H14N2O5.ClH/c1-11(12,10(15)18-2)6-7-3-4-9(14)8(5-7)13(16)17;/h3-5,14H,6,12H2,1-2H3;1H/t11-;/m0./s1. The van der Waals surface area contributed by atoms with Crippen molar-refractivity contribution in [3.05, 3.63) is 33.9 Å². The van der Waals surface area contributed by atoms with E-state index in [2.05, 4.69) is 4.74 Å². The number of halogens is 1. The molecule has 106 valence electrons. The first-order valence-electron chi connectivity index (χ1n) is 5.11. The van der Waals surface area contributed by atoms with Crippen LogP contribution in [0.15, 0.2) is 18.2 Å². The lowest BCUT2D eigenvalue weighted by Crippen LogP contribution is -2.47. The minimum Gasteiger partial charge on any atom is -0.502 e. The molecule has 0 aliphatic carbocycles. The number of rotatable bonds is 4. The minimum absolute atomic E-state index is 0. The fourth-order valence-corrected chi connectivity index (χ4v) is 1.55. The van der Waals surface area contributed by atoms with Crippen molar-refractivity contribution < 1.29 is 19.6 Å². The summed E-state index contributed by atoms with van der Waals surface area (Å²) in [5.41, 5.74) is 4.53. The highest BCUT2D eigenvalue weighted by atomic mass is 35.5. The van der Waals surface area contributed by atoms with E-state index >= 15 is 0 Å². The molecule has 0 bridgehead atoms. The van der Waals surface area contributed by atoms with Crippen molar-refractivity contribution in [3.63, 3.8) is 0 Å². The van der Waals surface area contributed by atoms with E-state index in [-0.39, 0.29) is 18.8 Å². The highest BCUT2D eigenvalue weighted by Crippen LogP contribution is 2.27. The number of nitro groups is 1. The highest BCUT2D eigenvalue weighted by Gasteiger charge is 2.30. The van der Waals surface area contributed by atoms with Crippen molar-refractivity contribution in [3.8, 4) is 5.75 Å². The van der Waals surface area contributed by atoms with Crippen molar-refractivity contribution in [1.29, 1.82) is 0 Å². The van der Waals surface area contributed by atoms with Crippen LogP contribution in [0.5, 0.6) is 5.75 Å². The molecule has 0 saturated heterocycles. The van der Waals surface area contributed by atoms with Crippen molar-refractivity contribution in [2.24, 2.45) is 5.73 Å². The number of carbonyl (C=O) groups is 1. The predicted octanol–water partition coefficient (Wildman–Crippen LogP) is 1.16. The Morgan fingerprint density at radius 3 is 2.63 bits per heavy atom. The van der Waals surface area contributed by atoms with Crippen LogP contribution in [0, 0.1) is 10.1 Å². The van der Waals surface area contributed by atoms with Crippen LogP contribution in [0.3, 0.4) is 0 Å². The van der Waals surface area contributed by atoms with E-state index in [1.54, 1.807) is 0 Å². The number of carbonyl (C=O) groups excluding carboxylic acids is 1. The van der Waals surface area contributed by atoms with E-state index in [4.69, 9.17) is 5.73 Å². The lowest BCUT2D eigenvalue weighted by atomic mass is 9.94. The molecule has 0 heterocycles. The number of ether oxygens (including phenoxy) is 1. The Balaban J connectivity index is 0.00000324. The molecule has 0 aliphatic rings. The quantitative estimate of drug-likeness (QED) is 0.488. The number of esters is 1. The molecule has 0 amide bonds. The Bertz CT molecular complexity index is 490. The third kappa shape index (κ3) is 4.08. The number of phenols is 1. The van der Waals surface area contributed by atoms with Crippen molar-refractivity contribution in [2.75, 3.05) is 7.11 Å². The van der Waals surface area contributed by atoms with Gasteiger partial charge in [0.25, 0.3) is 0 Å². The van der Waals surface area contributed by atoms with E-state index in [9.17, 15) is 20.0 Å². The van der Waals surface area contributed by atoms with E-state index < -0.39 is 27.9 Å². The third-order valence-corrected chi connectivity index (χ3v) is 2.46. The number of hydrogen-bond acceptors (Lipinski definition) is 6. The van der Waals surface area contributed by atoms with Crippen LogP contribution in [0.2, 0.25) is 0 Å². The van der Waals surface area contributed by atoms with Gasteiger partial charge >= 0.3 is 11.7 Å². The molecular weight excluding hydrogens is 276 g/mol. The molecular formula is C11H15ClN2O5. The summed E-state index contributed by atoms with van der Waals surface area (Å²) in [6.45, 7) is 1.47. The summed E-state index contributed by atoms with van der Waals surface area (Å²) < 4.78 is 4.54. The number of aromatic hydroxyl groups is 1.